The Labute approximate surface area is 146 Å². The second-order valence-electron chi connectivity index (χ2n) is 6.21. The highest BCUT2D eigenvalue weighted by atomic mass is 127. The first kappa shape index (κ1) is 20.2. The van der Waals surface area contributed by atoms with Crippen LogP contribution in [0, 0.1) is 5.41 Å². The zero-order valence-corrected chi connectivity index (χ0v) is 16.1. The highest BCUT2D eigenvalue weighted by molar-refractivity contribution is 14.0. The van der Waals surface area contributed by atoms with Crippen LogP contribution in [0.25, 0.3) is 0 Å². The van der Waals surface area contributed by atoms with Crippen molar-refractivity contribution < 1.29 is 0 Å². The summed E-state index contributed by atoms with van der Waals surface area (Å²) in [6.07, 6.45) is 7.21. The van der Waals surface area contributed by atoms with Crippen molar-refractivity contribution in [2.75, 3.05) is 20.1 Å². The molecule has 2 N–H and O–H groups in total. The molecule has 6 heteroatoms. The molecule has 0 saturated carbocycles. The molecule has 0 aliphatic carbocycles. The smallest absolute Gasteiger partial charge is 0.190 e. The first-order chi connectivity index (χ1) is 9.51. The van der Waals surface area contributed by atoms with Crippen LogP contribution in [0.5, 0.6) is 0 Å². The van der Waals surface area contributed by atoms with Gasteiger partial charge in [0, 0.05) is 39.1 Å². The van der Waals surface area contributed by atoms with Crippen molar-refractivity contribution in [2.45, 2.75) is 46.6 Å². The third-order valence-corrected chi connectivity index (χ3v) is 3.04. The van der Waals surface area contributed by atoms with Crippen LogP contribution in [0.15, 0.2) is 23.5 Å². The van der Waals surface area contributed by atoms with E-state index in [9.17, 15) is 0 Å². The Morgan fingerprint density at radius 2 is 1.86 bits per heavy atom. The van der Waals surface area contributed by atoms with Crippen LogP contribution < -0.4 is 10.6 Å². The van der Waals surface area contributed by atoms with Gasteiger partial charge in [-0.05, 0) is 30.7 Å². The van der Waals surface area contributed by atoms with E-state index in [0.29, 0.717) is 5.41 Å². The van der Waals surface area contributed by atoms with Gasteiger partial charge >= 0.3 is 0 Å². The highest BCUT2D eigenvalue weighted by Gasteiger charge is 2.08. The molecule has 21 heavy (non-hydrogen) atoms. The van der Waals surface area contributed by atoms with E-state index >= 15 is 0 Å². The lowest BCUT2D eigenvalue weighted by Gasteiger charge is -2.18. The van der Waals surface area contributed by atoms with Gasteiger partial charge < -0.3 is 10.6 Å². The Balaban J connectivity index is 0.00000400. The van der Waals surface area contributed by atoms with Crippen molar-refractivity contribution in [1.29, 1.82) is 0 Å². The Kier molecular flexibility index (Phi) is 10.5. The number of hydrogen-bond donors (Lipinski definition) is 2. The molecule has 1 aromatic rings. The molecule has 0 unspecified atom stereocenters. The number of halogens is 1. The van der Waals surface area contributed by atoms with E-state index in [0.717, 1.165) is 38.4 Å². The average Bonchev–Trinajstić information content (AvgIpc) is 2.88. The van der Waals surface area contributed by atoms with E-state index in [-0.39, 0.29) is 24.0 Å². The Morgan fingerprint density at radius 3 is 2.38 bits per heavy atom. The molecule has 0 fully saturated rings. The topological polar surface area (TPSA) is 54.2 Å². The summed E-state index contributed by atoms with van der Waals surface area (Å²) >= 11 is 0. The summed E-state index contributed by atoms with van der Waals surface area (Å²) in [5, 5.41) is 10.9. The molecule has 122 valence electrons. The second-order valence-corrected chi connectivity index (χ2v) is 6.21. The van der Waals surface area contributed by atoms with Gasteiger partial charge in [-0.2, -0.15) is 5.10 Å². The molecule has 0 amide bonds. The van der Waals surface area contributed by atoms with Gasteiger partial charge in [0.15, 0.2) is 5.96 Å². The Bertz CT molecular complexity index is 381. The van der Waals surface area contributed by atoms with E-state index in [2.05, 4.69) is 41.5 Å². The number of nitrogens with one attached hydrogen (secondary N) is 2. The summed E-state index contributed by atoms with van der Waals surface area (Å²) in [4.78, 5) is 4.23. The third-order valence-electron chi connectivity index (χ3n) is 3.04. The minimum atomic E-state index is 0. The van der Waals surface area contributed by atoms with Crippen LogP contribution in [0.3, 0.4) is 0 Å². The maximum Gasteiger partial charge on any atom is 0.190 e. The summed E-state index contributed by atoms with van der Waals surface area (Å²) < 4.78 is 1.95. The molecule has 1 heterocycles. The molecule has 1 aromatic heterocycles. The van der Waals surface area contributed by atoms with Crippen molar-refractivity contribution in [2.24, 2.45) is 10.4 Å². The fourth-order valence-corrected chi connectivity index (χ4v) is 1.93. The van der Waals surface area contributed by atoms with E-state index in [1.54, 1.807) is 0 Å². The predicted octanol–water partition coefficient (Wildman–Crippen LogP) is 2.88. The molecular formula is C15H30IN5. The number of guanidine groups is 1. The zero-order valence-electron chi connectivity index (χ0n) is 13.7. The molecule has 5 nitrogen and oxygen atoms in total. The van der Waals surface area contributed by atoms with Gasteiger partial charge in [0.2, 0.25) is 0 Å². The maximum absolute atomic E-state index is 4.23. The summed E-state index contributed by atoms with van der Waals surface area (Å²) in [5.41, 5.74) is 0.405. The van der Waals surface area contributed by atoms with Crippen molar-refractivity contribution in [1.82, 2.24) is 20.4 Å². The van der Waals surface area contributed by atoms with Crippen LogP contribution >= 0.6 is 24.0 Å². The Morgan fingerprint density at radius 1 is 1.19 bits per heavy atom. The highest BCUT2D eigenvalue weighted by Crippen LogP contribution is 2.19. The number of aryl methyl sites for hydroxylation is 1. The van der Waals surface area contributed by atoms with Gasteiger partial charge in [-0.3, -0.25) is 9.67 Å². The van der Waals surface area contributed by atoms with Gasteiger partial charge in [0.1, 0.15) is 0 Å². The fraction of sp³-hybridized carbons (Fsp3) is 0.733. The van der Waals surface area contributed by atoms with Crippen molar-refractivity contribution in [3.63, 3.8) is 0 Å². The molecule has 0 spiro atoms. The zero-order chi connectivity index (χ0) is 14.8. The first-order valence-electron chi connectivity index (χ1n) is 7.43. The van der Waals surface area contributed by atoms with E-state index < -0.39 is 0 Å². The maximum atomic E-state index is 4.23. The third kappa shape index (κ3) is 10.6. The first-order valence-corrected chi connectivity index (χ1v) is 7.43. The van der Waals surface area contributed by atoms with Crippen molar-refractivity contribution in [3.8, 4) is 0 Å². The largest absolute Gasteiger partial charge is 0.356 e. The summed E-state index contributed by atoms with van der Waals surface area (Å²) in [7, 11) is 1.81. The van der Waals surface area contributed by atoms with Gasteiger partial charge in [-0.15, -0.1) is 24.0 Å². The van der Waals surface area contributed by atoms with E-state index in [4.69, 9.17) is 0 Å². The Hall–Kier alpha value is -0.790. The lowest BCUT2D eigenvalue weighted by Crippen LogP contribution is -2.38. The van der Waals surface area contributed by atoms with Gasteiger partial charge in [-0.1, -0.05) is 20.8 Å². The van der Waals surface area contributed by atoms with Crippen LogP contribution in [0.4, 0.5) is 0 Å². The van der Waals surface area contributed by atoms with Gasteiger partial charge in [0.25, 0.3) is 0 Å². The molecule has 0 aliphatic rings. The average molecular weight is 407 g/mol. The number of nitrogens with zero attached hydrogens (tertiary/aromatic N) is 3. The minimum Gasteiger partial charge on any atom is -0.356 e. The van der Waals surface area contributed by atoms with Crippen LogP contribution in [0.1, 0.15) is 40.0 Å². The van der Waals surface area contributed by atoms with Crippen LogP contribution in [-0.4, -0.2) is 35.9 Å². The lowest BCUT2D eigenvalue weighted by molar-refractivity contribution is 0.365. The van der Waals surface area contributed by atoms with Crippen molar-refractivity contribution >= 4 is 29.9 Å². The summed E-state index contributed by atoms with van der Waals surface area (Å²) in [5.74, 6) is 0.888. The number of aliphatic imine (C=N–C) groups is 1. The molecule has 0 aromatic carbocycles. The second kappa shape index (κ2) is 10.9. The molecule has 0 bridgehead atoms. The number of aromatic nitrogens is 2. The van der Waals surface area contributed by atoms with Crippen LogP contribution in [-0.2, 0) is 6.54 Å². The van der Waals surface area contributed by atoms with Crippen LogP contribution in [0.2, 0.25) is 0 Å². The molecule has 0 atom stereocenters. The van der Waals surface area contributed by atoms with E-state index in [1.165, 1.54) is 6.42 Å². The molecule has 1 rings (SSSR count). The molecule has 0 aliphatic heterocycles. The molecule has 0 radical (unpaired) electrons. The van der Waals surface area contributed by atoms with Crippen molar-refractivity contribution in [3.05, 3.63) is 18.5 Å². The molecular weight excluding hydrogens is 377 g/mol. The predicted molar refractivity (Wildman–Crippen MR) is 100 cm³/mol. The summed E-state index contributed by atoms with van der Waals surface area (Å²) in [6, 6.07) is 1.95. The monoisotopic (exact) mass is 407 g/mol. The fourth-order valence-electron chi connectivity index (χ4n) is 1.93. The van der Waals surface area contributed by atoms with E-state index in [1.807, 2.05) is 30.2 Å². The summed E-state index contributed by atoms with van der Waals surface area (Å²) in [6.45, 7) is 9.62. The minimum absolute atomic E-state index is 0. The quantitative estimate of drug-likeness (QED) is 0.316. The normalized spacial score (nSPS) is 11.9. The SMILES string of the molecule is CN=C(NCCCn1cccn1)NCCCC(C)(C)C.I. The standard InChI is InChI=1S/C15H29N5.HI/c1-15(2,3)8-5-9-17-14(16-4)18-10-6-12-20-13-7-11-19-20;/h7,11,13H,5-6,8-10,12H2,1-4H3,(H2,16,17,18);1H. The number of hydrogen-bond acceptors (Lipinski definition) is 2. The van der Waals surface area contributed by atoms with Gasteiger partial charge in [-0.25, -0.2) is 0 Å². The lowest BCUT2D eigenvalue weighted by atomic mass is 9.91. The molecule has 0 saturated heterocycles. The number of rotatable bonds is 7. The van der Waals surface area contributed by atoms with Gasteiger partial charge in [0.05, 0.1) is 0 Å².